The van der Waals surface area contributed by atoms with Crippen molar-refractivity contribution >= 4 is 28.2 Å². The van der Waals surface area contributed by atoms with Crippen LogP contribution in [0.4, 0.5) is 0 Å². The summed E-state index contributed by atoms with van der Waals surface area (Å²) < 4.78 is 23.0. The lowest BCUT2D eigenvalue weighted by Crippen LogP contribution is -2.40. The number of halogens is 1. The number of nitrogens with one attached hydrogen (secondary N) is 2. The summed E-state index contributed by atoms with van der Waals surface area (Å²) in [4.78, 5) is 11.5. The average Bonchev–Trinajstić information content (AvgIpc) is 2.27. The first-order valence-corrected chi connectivity index (χ1v) is 7.82. The fourth-order valence-electron chi connectivity index (χ4n) is 1.76. The lowest BCUT2D eigenvalue weighted by atomic mass is 10.00. The molecule has 7 heteroatoms. The first-order valence-electron chi connectivity index (χ1n) is 6.11. The largest absolute Gasteiger partial charge is 0.355 e. The third-order valence-corrected chi connectivity index (χ3v) is 5.14. The van der Waals surface area contributed by atoms with Gasteiger partial charge in [-0.1, -0.05) is 0 Å². The number of carbonyl (C=O) groups excluding carboxylic acids is 1. The third kappa shape index (κ3) is 6.02. The molecule has 1 aliphatic rings. The van der Waals surface area contributed by atoms with Crippen LogP contribution in [0.5, 0.6) is 0 Å². The van der Waals surface area contributed by atoms with E-state index in [2.05, 4.69) is 10.6 Å². The predicted octanol–water partition coefficient (Wildman–Crippen LogP) is 0.347. The molecule has 1 rings (SSSR count). The van der Waals surface area contributed by atoms with E-state index in [4.69, 9.17) is 0 Å². The van der Waals surface area contributed by atoms with Crippen molar-refractivity contribution in [2.45, 2.75) is 31.9 Å². The van der Waals surface area contributed by atoms with Gasteiger partial charge in [-0.2, -0.15) is 0 Å². The third-order valence-electron chi connectivity index (χ3n) is 3.04. The molecule has 0 bridgehead atoms. The van der Waals surface area contributed by atoms with Crippen molar-refractivity contribution in [1.82, 2.24) is 10.6 Å². The second kappa shape index (κ2) is 7.96. The van der Waals surface area contributed by atoms with Gasteiger partial charge in [0.25, 0.3) is 0 Å². The molecule has 0 spiro atoms. The fraction of sp³-hybridized carbons (Fsp3) is 0.909. The van der Waals surface area contributed by atoms with Crippen LogP contribution in [-0.4, -0.2) is 45.0 Å². The summed E-state index contributed by atoms with van der Waals surface area (Å²) in [5.41, 5.74) is 0. The highest BCUT2D eigenvalue weighted by atomic mass is 35.5. The van der Waals surface area contributed by atoms with Crippen LogP contribution in [0.1, 0.15) is 26.7 Å². The van der Waals surface area contributed by atoms with Crippen LogP contribution in [0.25, 0.3) is 0 Å². The summed E-state index contributed by atoms with van der Waals surface area (Å²) in [7, 11) is -3.28. The molecule has 0 aromatic rings. The van der Waals surface area contributed by atoms with Gasteiger partial charge in [0.1, 0.15) is 5.75 Å². The molecule has 0 aromatic carbocycles. The highest BCUT2D eigenvalue weighted by Gasteiger charge is 2.21. The average molecular weight is 299 g/mol. The molecule has 18 heavy (non-hydrogen) atoms. The fourth-order valence-corrected chi connectivity index (χ4v) is 2.56. The Morgan fingerprint density at radius 1 is 1.44 bits per heavy atom. The summed E-state index contributed by atoms with van der Waals surface area (Å²) in [5, 5.41) is 5.47. The molecular formula is C11H23ClN2O3S. The van der Waals surface area contributed by atoms with Gasteiger partial charge in [0.05, 0.1) is 5.25 Å². The smallest absolute Gasteiger partial charge is 0.235 e. The van der Waals surface area contributed by atoms with Gasteiger partial charge in [0, 0.05) is 6.54 Å². The van der Waals surface area contributed by atoms with Gasteiger partial charge in [-0.3, -0.25) is 4.79 Å². The van der Waals surface area contributed by atoms with Crippen LogP contribution in [-0.2, 0) is 14.6 Å². The molecule has 1 saturated heterocycles. The van der Waals surface area contributed by atoms with E-state index in [9.17, 15) is 13.2 Å². The van der Waals surface area contributed by atoms with Gasteiger partial charge in [-0.15, -0.1) is 12.4 Å². The summed E-state index contributed by atoms with van der Waals surface area (Å²) in [6.45, 7) is 5.68. The van der Waals surface area contributed by atoms with Crippen LogP contribution in [0, 0.1) is 5.92 Å². The maximum absolute atomic E-state index is 11.5. The Balaban J connectivity index is 0.00000289. The van der Waals surface area contributed by atoms with E-state index < -0.39 is 20.8 Å². The summed E-state index contributed by atoms with van der Waals surface area (Å²) >= 11 is 0. The maximum Gasteiger partial charge on any atom is 0.235 e. The van der Waals surface area contributed by atoms with E-state index in [-0.39, 0.29) is 18.3 Å². The number of sulfone groups is 1. The lowest BCUT2D eigenvalue weighted by molar-refractivity contribution is -0.118. The molecule has 1 fully saturated rings. The Morgan fingerprint density at radius 3 is 2.61 bits per heavy atom. The Bertz CT molecular complexity index is 351. The second-order valence-corrected chi connectivity index (χ2v) is 7.43. The van der Waals surface area contributed by atoms with Crippen molar-refractivity contribution in [3.05, 3.63) is 0 Å². The first kappa shape index (κ1) is 17.7. The van der Waals surface area contributed by atoms with E-state index >= 15 is 0 Å². The molecule has 0 saturated carbocycles. The first-order chi connectivity index (χ1) is 7.92. The highest BCUT2D eigenvalue weighted by Crippen LogP contribution is 2.08. The quantitative estimate of drug-likeness (QED) is 0.768. The van der Waals surface area contributed by atoms with E-state index in [0.717, 1.165) is 25.9 Å². The number of amides is 1. The highest BCUT2D eigenvalue weighted by molar-refractivity contribution is 7.92. The molecule has 5 nitrogen and oxygen atoms in total. The molecule has 0 radical (unpaired) electrons. The molecule has 2 N–H and O–H groups in total. The van der Waals surface area contributed by atoms with Crippen molar-refractivity contribution in [1.29, 1.82) is 0 Å². The maximum atomic E-state index is 11.5. The molecule has 1 atom stereocenters. The van der Waals surface area contributed by atoms with Crippen LogP contribution in [0.15, 0.2) is 0 Å². The Labute approximate surface area is 115 Å². The zero-order chi connectivity index (χ0) is 12.9. The topological polar surface area (TPSA) is 75.3 Å². The standard InChI is InChI=1S/C11H22N2O3S.ClH/c1-9(2)17(15,16)8-11(14)13-7-10-4-3-5-12-6-10;/h9-10,12H,3-8H2,1-2H3,(H,13,14);1H. The minimum absolute atomic E-state index is 0. The van der Waals surface area contributed by atoms with E-state index in [1.807, 2.05) is 0 Å². The van der Waals surface area contributed by atoms with Crippen LogP contribution in [0.2, 0.25) is 0 Å². The van der Waals surface area contributed by atoms with Crippen molar-refractivity contribution in [3.8, 4) is 0 Å². The molecule has 0 aromatic heterocycles. The zero-order valence-electron chi connectivity index (χ0n) is 10.9. The summed E-state index contributed by atoms with van der Waals surface area (Å²) in [5.74, 6) is -0.358. The van der Waals surface area contributed by atoms with Crippen molar-refractivity contribution in [2.75, 3.05) is 25.4 Å². The molecule has 1 heterocycles. The molecule has 0 aliphatic carbocycles. The molecule has 1 amide bonds. The number of piperidine rings is 1. The van der Waals surface area contributed by atoms with Crippen LogP contribution in [0.3, 0.4) is 0 Å². The minimum Gasteiger partial charge on any atom is -0.355 e. The Kier molecular flexibility index (Phi) is 7.82. The molecule has 1 unspecified atom stereocenters. The lowest BCUT2D eigenvalue weighted by Gasteiger charge is -2.22. The van der Waals surface area contributed by atoms with Gasteiger partial charge in [-0.25, -0.2) is 8.42 Å². The van der Waals surface area contributed by atoms with Crippen molar-refractivity contribution in [2.24, 2.45) is 5.92 Å². The Hall–Kier alpha value is -0.330. The molecule has 108 valence electrons. The van der Waals surface area contributed by atoms with E-state index in [1.165, 1.54) is 0 Å². The normalized spacial score (nSPS) is 20.3. The van der Waals surface area contributed by atoms with Crippen LogP contribution >= 0.6 is 12.4 Å². The van der Waals surface area contributed by atoms with Gasteiger partial charge in [0.2, 0.25) is 5.91 Å². The second-order valence-electron chi connectivity index (χ2n) is 4.87. The van der Waals surface area contributed by atoms with Gasteiger partial charge < -0.3 is 10.6 Å². The van der Waals surface area contributed by atoms with Gasteiger partial charge in [-0.05, 0) is 45.7 Å². The number of hydrogen-bond acceptors (Lipinski definition) is 4. The van der Waals surface area contributed by atoms with Gasteiger partial charge in [0.15, 0.2) is 9.84 Å². The van der Waals surface area contributed by atoms with Crippen molar-refractivity contribution < 1.29 is 13.2 Å². The number of rotatable bonds is 5. The van der Waals surface area contributed by atoms with Crippen LogP contribution < -0.4 is 10.6 Å². The SMILES string of the molecule is CC(C)S(=O)(=O)CC(=O)NCC1CCCNC1.Cl. The van der Waals surface area contributed by atoms with Gasteiger partial charge >= 0.3 is 0 Å². The van der Waals surface area contributed by atoms with E-state index in [1.54, 1.807) is 13.8 Å². The predicted molar refractivity (Wildman–Crippen MR) is 74.8 cm³/mol. The summed E-state index contributed by atoms with van der Waals surface area (Å²) in [6.07, 6.45) is 2.20. The minimum atomic E-state index is -3.28. The number of carbonyl (C=O) groups is 1. The van der Waals surface area contributed by atoms with E-state index in [0.29, 0.717) is 12.5 Å². The molecule has 1 aliphatic heterocycles. The number of hydrogen-bond donors (Lipinski definition) is 2. The zero-order valence-corrected chi connectivity index (χ0v) is 12.6. The molecular weight excluding hydrogens is 276 g/mol. The Morgan fingerprint density at radius 2 is 2.11 bits per heavy atom. The van der Waals surface area contributed by atoms with Crippen molar-refractivity contribution in [3.63, 3.8) is 0 Å². The summed E-state index contributed by atoms with van der Waals surface area (Å²) in [6, 6.07) is 0. The monoisotopic (exact) mass is 298 g/mol.